The first-order valence-electron chi connectivity index (χ1n) is 6.91. The Morgan fingerprint density at radius 3 is 2.35 bits per heavy atom. The lowest BCUT2D eigenvalue weighted by atomic mass is 10.0. The zero-order valence-corrected chi connectivity index (χ0v) is 12.4. The van der Waals surface area contributed by atoms with E-state index in [1.807, 2.05) is 0 Å². The Kier molecular flexibility index (Phi) is 10.5. The van der Waals surface area contributed by atoms with Crippen molar-refractivity contribution in [2.75, 3.05) is 47.3 Å². The highest BCUT2D eigenvalue weighted by Crippen LogP contribution is 2.07. The van der Waals surface area contributed by atoms with Crippen molar-refractivity contribution < 1.29 is 0 Å². The summed E-state index contributed by atoms with van der Waals surface area (Å²) in [5, 5.41) is 0. The summed E-state index contributed by atoms with van der Waals surface area (Å²) in [4.78, 5) is 9.11. The number of hydrogen-bond acceptors (Lipinski definition) is 3. The monoisotopic (exact) mass is 241 g/mol. The van der Waals surface area contributed by atoms with Crippen LogP contribution in [0.5, 0.6) is 0 Å². The number of likely N-dealkylation sites (N-methyl/N-ethyl adjacent to an activating group) is 1. The van der Waals surface area contributed by atoms with Crippen LogP contribution in [0.15, 0.2) is 4.99 Å². The van der Waals surface area contributed by atoms with Crippen LogP contribution < -0.4 is 0 Å². The van der Waals surface area contributed by atoms with E-state index in [1.54, 1.807) is 0 Å². The van der Waals surface area contributed by atoms with E-state index in [-0.39, 0.29) is 0 Å². The Balaban J connectivity index is 3.63. The fraction of sp³-hybridized carbons (Fsp3) is 0.929. The minimum Gasteiger partial charge on any atom is -0.309 e. The zero-order valence-electron chi connectivity index (χ0n) is 12.4. The van der Waals surface area contributed by atoms with Crippen LogP contribution in [0.2, 0.25) is 0 Å². The van der Waals surface area contributed by atoms with E-state index in [9.17, 15) is 0 Å². The Labute approximate surface area is 108 Å². The van der Waals surface area contributed by atoms with Crippen LogP contribution in [0, 0.1) is 5.92 Å². The molecule has 0 heterocycles. The van der Waals surface area contributed by atoms with Gasteiger partial charge in [-0.3, -0.25) is 4.99 Å². The summed E-state index contributed by atoms with van der Waals surface area (Å²) in [6.45, 7) is 8.83. The first kappa shape index (κ1) is 16.6. The number of rotatable bonds is 10. The minimum atomic E-state index is 0.752. The normalized spacial score (nSPS) is 14.1. The number of hydrogen-bond donors (Lipinski definition) is 0. The van der Waals surface area contributed by atoms with Crippen LogP contribution in [0.3, 0.4) is 0 Å². The fourth-order valence-corrected chi connectivity index (χ4v) is 1.92. The van der Waals surface area contributed by atoms with E-state index >= 15 is 0 Å². The van der Waals surface area contributed by atoms with Gasteiger partial charge in [0.1, 0.15) is 0 Å². The number of nitrogens with zero attached hydrogens (tertiary/aromatic N) is 3. The molecule has 0 aliphatic heterocycles. The molecule has 0 saturated heterocycles. The van der Waals surface area contributed by atoms with E-state index < -0.39 is 0 Å². The van der Waals surface area contributed by atoms with E-state index in [0.717, 1.165) is 32.0 Å². The number of aliphatic imine (C=N–C) groups is 1. The maximum absolute atomic E-state index is 4.50. The van der Waals surface area contributed by atoms with Gasteiger partial charge in [0.2, 0.25) is 0 Å². The topological polar surface area (TPSA) is 18.8 Å². The first-order chi connectivity index (χ1) is 8.10. The molecule has 0 saturated carbocycles. The van der Waals surface area contributed by atoms with Gasteiger partial charge in [0.05, 0.1) is 6.54 Å². The van der Waals surface area contributed by atoms with Crippen LogP contribution in [-0.2, 0) is 0 Å². The van der Waals surface area contributed by atoms with Crippen molar-refractivity contribution in [1.82, 2.24) is 9.80 Å². The molecule has 0 aromatic heterocycles. The maximum atomic E-state index is 4.50. The predicted molar refractivity (Wildman–Crippen MR) is 78.1 cm³/mol. The molecule has 0 rings (SSSR count). The third-order valence-corrected chi connectivity index (χ3v) is 2.98. The van der Waals surface area contributed by atoms with Crippen LogP contribution in [0.1, 0.15) is 33.1 Å². The Morgan fingerprint density at radius 2 is 1.82 bits per heavy atom. The molecule has 0 aliphatic rings. The van der Waals surface area contributed by atoms with Gasteiger partial charge in [-0.15, -0.1) is 0 Å². The summed E-state index contributed by atoms with van der Waals surface area (Å²) in [5.74, 6) is 0.752. The van der Waals surface area contributed by atoms with Crippen molar-refractivity contribution in [2.24, 2.45) is 10.9 Å². The summed E-state index contributed by atoms with van der Waals surface area (Å²) < 4.78 is 0. The molecule has 102 valence electrons. The second-order valence-electron chi connectivity index (χ2n) is 5.16. The minimum absolute atomic E-state index is 0.752. The molecule has 0 bridgehead atoms. The van der Waals surface area contributed by atoms with Gasteiger partial charge in [-0.25, -0.2) is 0 Å². The molecule has 0 N–H and O–H groups in total. The summed E-state index contributed by atoms with van der Waals surface area (Å²) >= 11 is 0. The molecule has 0 aromatic rings. The van der Waals surface area contributed by atoms with E-state index in [2.05, 4.69) is 56.0 Å². The fourth-order valence-electron chi connectivity index (χ4n) is 1.92. The van der Waals surface area contributed by atoms with Gasteiger partial charge in [0, 0.05) is 13.1 Å². The highest BCUT2D eigenvalue weighted by molar-refractivity contribution is 5.57. The first-order valence-corrected chi connectivity index (χ1v) is 6.91. The zero-order chi connectivity index (χ0) is 13.1. The molecular weight excluding hydrogens is 210 g/mol. The van der Waals surface area contributed by atoms with Crippen molar-refractivity contribution >= 4 is 6.21 Å². The molecule has 0 spiro atoms. The summed E-state index contributed by atoms with van der Waals surface area (Å²) in [7, 11) is 6.44. The molecular formula is C14H31N3. The molecule has 0 aromatic carbocycles. The lowest BCUT2D eigenvalue weighted by molar-refractivity contribution is 0.324. The van der Waals surface area contributed by atoms with Crippen LogP contribution in [0.4, 0.5) is 0 Å². The Morgan fingerprint density at radius 1 is 1.12 bits per heavy atom. The average molecular weight is 241 g/mol. The predicted octanol–water partition coefficient (Wildman–Crippen LogP) is 2.38. The van der Waals surface area contributed by atoms with Crippen molar-refractivity contribution in [2.45, 2.75) is 33.1 Å². The molecule has 0 amide bonds. The van der Waals surface area contributed by atoms with Gasteiger partial charge in [0.25, 0.3) is 0 Å². The summed E-state index contributed by atoms with van der Waals surface area (Å²) in [5.41, 5.74) is 0. The van der Waals surface area contributed by atoms with Gasteiger partial charge in [0.15, 0.2) is 0 Å². The molecule has 0 fully saturated rings. The van der Waals surface area contributed by atoms with E-state index in [1.165, 1.54) is 19.4 Å². The van der Waals surface area contributed by atoms with Gasteiger partial charge in [-0.2, -0.15) is 0 Å². The van der Waals surface area contributed by atoms with Gasteiger partial charge in [-0.05, 0) is 52.7 Å². The molecule has 17 heavy (non-hydrogen) atoms. The standard InChI is InChI=1S/C14H31N3/c1-6-11-17(5)12-10-15-9-8-14(7-2)13-16(3)4/h9,14H,6-8,10-13H2,1-5H3/b15-9+/t14-/m1/s1. The second kappa shape index (κ2) is 10.7. The van der Waals surface area contributed by atoms with Crippen LogP contribution >= 0.6 is 0 Å². The van der Waals surface area contributed by atoms with Crippen molar-refractivity contribution in [3.8, 4) is 0 Å². The van der Waals surface area contributed by atoms with E-state index in [0.29, 0.717) is 0 Å². The SMILES string of the molecule is CCCN(C)CC/N=C/C[C@@H](CC)CN(C)C. The van der Waals surface area contributed by atoms with Gasteiger partial charge < -0.3 is 9.80 Å². The lowest BCUT2D eigenvalue weighted by Gasteiger charge is -2.17. The largest absolute Gasteiger partial charge is 0.309 e. The van der Waals surface area contributed by atoms with Crippen molar-refractivity contribution in [3.05, 3.63) is 0 Å². The highest BCUT2D eigenvalue weighted by Gasteiger charge is 2.05. The summed E-state index contributed by atoms with van der Waals surface area (Å²) in [6.07, 6.45) is 5.70. The van der Waals surface area contributed by atoms with Crippen LogP contribution in [-0.4, -0.2) is 63.3 Å². The average Bonchev–Trinajstić information content (AvgIpc) is 2.26. The molecule has 0 radical (unpaired) electrons. The Bertz CT molecular complexity index is 190. The molecule has 3 nitrogen and oxygen atoms in total. The smallest absolute Gasteiger partial charge is 0.0512 e. The third-order valence-electron chi connectivity index (χ3n) is 2.98. The van der Waals surface area contributed by atoms with Crippen LogP contribution in [0.25, 0.3) is 0 Å². The second-order valence-corrected chi connectivity index (χ2v) is 5.16. The molecule has 1 atom stereocenters. The summed E-state index contributed by atoms with van der Waals surface area (Å²) in [6, 6.07) is 0. The maximum Gasteiger partial charge on any atom is 0.0512 e. The Hall–Kier alpha value is -0.410. The quantitative estimate of drug-likeness (QED) is 0.547. The van der Waals surface area contributed by atoms with Gasteiger partial charge in [-0.1, -0.05) is 20.3 Å². The molecule has 0 aliphatic carbocycles. The lowest BCUT2D eigenvalue weighted by Crippen LogP contribution is -2.23. The highest BCUT2D eigenvalue weighted by atomic mass is 15.1. The third kappa shape index (κ3) is 10.5. The molecule has 3 heteroatoms. The van der Waals surface area contributed by atoms with Gasteiger partial charge >= 0.3 is 0 Å². The molecule has 0 unspecified atom stereocenters. The van der Waals surface area contributed by atoms with E-state index in [4.69, 9.17) is 0 Å². The van der Waals surface area contributed by atoms with Crippen molar-refractivity contribution in [3.63, 3.8) is 0 Å². The van der Waals surface area contributed by atoms with Crippen molar-refractivity contribution in [1.29, 1.82) is 0 Å².